The highest BCUT2D eigenvalue weighted by atomic mass is 32.2. The van der Waals surface area contributed by atoms with Crippen LogP contribution in [0.3, 0.4) is 0 Å². The highest BCUT2D eigenvalue weighted by molar-refractivity contribution is 7.89. The van der Waals surface area contributed by atoms with Crippen molar-refractivity contribution in [2.75, 3.05) is 39.5 Å². The lowest BCUT2D eigenvalue weighted by Crippen LogP contribution is -2.30. The van der Waals surface area contributed by atoms with E-state index in [1.54, 1.807) is 0 Å². The Morgan fingerprint density at radius 2 is 2.00 bits per heavy atom. The van der Waals surface area contributed by atoms with Gasteiger partial charge in [0.2, 0.25) is 10.0 Å². The Morgan fingerprint density at radius 1 is 1.38 bits per heavy atom. The van der Waals surface area contributed by atoms with Crippen LogP contribution in [0, 0.1) is 0 Å². The predicted molar refractivity (Wildman–Crippen MR) is 52.0 cm³/mol. The van der Waals surface area contributed by atoms with Crippen LogP contribution in [-0.2, 0) is 10.0 Å². The molecule has 0 saturated heterocycles. The number of aliphatic hydroxyl groups excluding tert-OH is 1. The van der Waals surface area contributed by atoms with Gasteiger partial charge < -0.3 is 10.0 Å². The van der Waals surface area contributed by atoms with Gasteiger partial charge in [-0.2, -0.15) is 0 Å². The van der Waals surface area contributed by atoms with Crippen LogP contribution in [0.2, 0.25) is 0 Å². The molecule has 5 nitrogen and oxygen atoms in total. The molecule has 6 heteroatoms. The van der Waals surface area contributed by atoms with Crippen molar-refractivity contribution in [2.24, 2.45) is 0 Å². The maximum absolute atomic E-state index is 11.0. The van der Waals surface area contributed by atoms with Gasteiger partial charge in [-0.25, -0.2) is 13.1 Å². The Kier molecular flexibility index (Phi) is 6.23. The van der Waals surface area contributed by atoms with Gasteiger partial charge in [0.1, 0.15) is 0 Å². The van der Waals surface area contributed by atoms with Crippen LogP contribution in [-0.4, -0.2) is 58.0 Å². The smallest absolute Gasteiger partial charge is 0.213 e. The third-order valence-electron chi connectivity index (χ3n) is 1.46. The molecule has 0 amide bonds. The van der Waals surface area contributed by atoms with Crippen LogP contribution >= 0.6 is 0 Å². The topological polar surface area (TPSA) is 69.6 Å². The molecule has 0 rings (SSSR count). The number of aliphatic hydroxyl groups is 1. The van der Waals surface area contributed by atoms with Crippen molar-refractivity contribution in [2.45, 2.75) is 6.42 Å². The highest BCUT2D eigenvalue weighted by Gasteiger charge is 2.07. The quantitative estimate of drug-likeness (QED) is 0.521. The van der Waals surface area contributed by atoms with Crippen LogP contribution in [0.4, 0.5) is 0 Å². The first-order chi connectivity index (χ1) is 5.98. The van der Waals surface area contributed by atoms with Gasteiger partial charge in [0, 0.05) is 6.54 Å². The van der Waals surface area contributed by atoms with Crippen LogP contribution < -0.4 is 4.72 Å². The molecule has 0 fully saturated rings. The third kappa shape index (κ3) is 8.17. The zero-order valence-corrected chi connectivity index (χ0v) is 8.97. The normalized spacial score (nSPS) is 12.3. The van der Waals surface area contributed by atoms with Crippen molar-refractivity contribution in [1.82, 2.24) is 9.62 Å². The standard InChI is InChI=1S/C7H18N2O3S/c1-9(2)5-3-4-8-13(11,12)7-6-10/h8,10H,3-7H2,1-2H3. The van der Waals surface area contributed by atoms with Gasteiger partial charge in [0.05, 0.1) is 12.4 Å². The number of sulfonamides is 1. The Labute approximate surface area is 79.8 Å². The van der Waals surface area contributed by atoms with Crippen LogP contribution in [0.5, 0.6) is 0 Å². The number of rotatable bonds is 7. The van der Waals surface area contributed by atoms with E-state index in [1.807, 2.05) is 19.0 Å². The van der Waals surface area contributed by atoms with Crippen LogP contribution in [0.15, 0.2) is 0 Å². The summed E-state index contributed by atoms with van der Waals surface area (Å²) in [5, 5.41) is 8.42. The van der Waals surface area contributed by atoms with Crippen molar-refractivity contribution < 1.29 is 13.5 Å². The summed E-state index contributed by atoms with van der Waals surface area (Å²) in [7, 11) is 0.617. The number of nitrogens with zero attached hydrogens (tertiary/aromatic N) is 1. The fourth-order valence-electron chi connectivity index (χ4n) is 0.815. The number of nitrogens with one attached hydrogen (secondary N) is 1. The molecular formula is C7H18N2O3S. The van der Waals surface area contributed by atoms with E-state index in [9.17, 15) is 8.42 Å². The van der Waals surface area contributed by atoms with Crippen molar-refractivity contribution >= 4 is 10.0 Å². The molecule has 80 valence electrons. The van der Waals surface area contributed by atoms with Crippen molar-refractivity contribution in [3.8, 4) is 0 Å². The molecule has 0 heterocycles. The Bertz CT molecular complexity index is 214. The minimum absolute atomic E-state index is 0.213. The van der Waals surface area contributed by atoms with Gasteiger partial charge in [0.25, 0.3) is 0 Å². The van der Waals surface area contributed by atoms with Gasteiger partial charge in [-0.1, -0.05) is 0 Å². The molecule has 0 aliphatic carbocycles. The molecule has 0 aromatic heterocycles. The fourth-order valence-corrected chi connectivity index (χ4v) is 1.66. The van der Waals surface area contributed by atoms with E-state index in [0.29, 0.717) is 6.54 Å². The maximum Gasteiger partial charge on any atom is 0.213 e. The highest BCUT2D eigenvalue weighted by Crippen LogP contribution is 1.85. The lowest BCUT2D eigenvalue weighted by atomic mass is 10.4. The molecule has 0 aliphatic heterocycles. The van der Waals surface area contributed by atoms with E-state index in [2.05, 4.69) is 4.72 Å². The zero-order chi connectivity index (χ0) is 10.3. The Balaban J connectivity index is 3.53. The molecule has 0 aliphatic rings. The van der Waals surface area contributed by atoms with Crippen molar-refractivity contribution in [3.05, 3.63) is 0 Å². The molecule has 0 bridgehead atoms. The lowest BCUT2D eigenvalue weighted by Gasteiger charge is -2.09. The summed E-state index contributed by atoms with van der Waals surface area (Å²) in [6, 6.07) is 0. The second kappa shape index (κ2) is 6.31. The summed E-state index contributed by atoms with van der Waals surface area (Å²) < 4.78 is 24.4. The maximum atomic E-state index is 11.0. The molecule has 0 aromatic rings. The minimum Gasteiger partial charge on any atom is -0.395 e. The molecular weight excluding hydrogens is 192 g/mol. The van der Waals surface area contributed by atoms with E-state index in [1.165, 1.54) is 0 Å². The average Bonchev–Trinajstić information content (AvgIpc) is 1.98. The summed E-state index contributed by atoms with van der Waals surface area (Å²) in [4.78, 5) is 1.99. The third-order valence-corrected chi connectivity index (χ3v) is 2.83. The lowest BCUT2D eigenvalue weighted by molar-refractivity contribution is 0.319. The fraction of sp³-hybridized carbons (Fsp3) is 1.00. The average molecular weight is 210 g/mol. The molecule has 0 spiro atoms. The van der Waals surface area contributed by atoms with Gasteiger partial charge in [0.15, 0.2) is 0 Å². The second-order valence-corrected chi connectivity index (χ2v) is 5.02. The molecule has 13 heavy (non-hydrogen) atoms. The summed E-state index contributed by atoms with van der Waals surface area (Å²) in [6.07, 6.45) is 0.775. The molecule has 0 aromatic carbocycles. The molecule has 0 saturated carbocycles. The first kappa shape index (κ1) is 12.8. The zero-order valence-electron chi connectivity index (χ0n) is 8.15. The number of hydrogen-bond acceptors (Lipinski definition) is 4. The van der Waals surface area contributed by atoms with E-state index in [0.717, 1.165) is 13.0 Å². The largest absolute Gasteiger partial charge is 0.395 e. The predicted octanol–water partition coefficient (Wildman–Crippen LogP) is -1.15. The van der Waals surface area contributed by atoms with Gasteiger partial charge in [-0.15, -0.1) is 0 Å². The van der Waals surface area contributed by atoms with E-state index < -0.39 is 10.0 Å². The van der Waals surface area contributed by atoms with E-state index in [4.69, 9.17) is 5.11 Å². The van der Waals surface area contributed by atoms with Gasteiger partial charge in [-0.05, 0) is 27.1 Å². The summed E-state index contributed by atoms with van der Waals surface area (Å²) >= 11 is 0. The first-order valence-electron chi connectivity index (χ1n) is 4.21. The molecule has 0 radical (unpaired) electrons. The molecule has 0 atom stereocenters. The van der Waals surface area contributed by atoms with Crippen molar-refractivity contribution in [3.63, 3.8) is 0 Å². The summed E-state index contributed by atoms with van der Waals surface area (Å²) in [5.74, 6) is -0.213. The summed E-state index contributed by atoms with van der Waals surface area (Å²) in [6.45, 7) is 0.950. The first-order valence-corrected chi connectivity index (χ1v) is 5.86. The molecule has 2 N–H and O–H groups in total. The monoisotopic (exact) mass is 210 g/mol. The Morgan fingerprint density at radius 3 is 2.46 bits per heavy atom. The van der Waals surface area contributed by atoms with Crippen LogP contribution in [0.1, 0.15) is 6.42 Å². The van der Waals surface area contributed by atoms with Gasteiger partial charge in [-0.3, -0.25) is 0 Å². The van der Waals surface area contributed by atoms with E-state index in [-0.39, 0.29) is 12.4 Å². The van der Waals surface area contributed by atoms with Crippen LogP contribution in [0.25, 0.3) is 0 Å². The second-order valence-electron chi connectivity index (χ2n) is 3.09. The van der Waals surface area contributed by atoms with Gasteiger partial charge >= 0.3 is 0 Å². The minimum atomic E-state index is -3.25. The molecule has 0 unspecified atom stereocenters. The number of hydrogen-bond donors (Lipinski definition) is 2. The Hall–Kier alpha value is -0.170. The van der Waals surface area contributed by atoms with E-state index >= 15 is 0 Å². The SMILES string of the molecule is CN(C)CCCNS(=O)(=O)CCO. The summed E-state index contributed by atoms with van der Waals surface area (Å²) in [5.41, 5.74) is 0. The van der Waals surface area contributed by atoms with Crippen molar-refractivity contribution in [1.29, 1.82) is 0 Å².